The number of piperidine rings is 1. The Bertz CT molecular complexity index is 710. The fourth-order valence-electron chi connectivity index (χ4n) is 4.85. The predicted octanol–water partition coefficient (Wildman–Crippen LogP) is 2.31. The van der Waals surface area contributed by atoms with Crippen LogP contribution in [-0.2, 0) is 14.3 Å². The third-order valence-electron chi connectivity index (χ3n) is 6.31. The van der Waals surface area contributed by atoms with Gasteiger partial charge in [0.2, 0.25) is 5.91 Å². The second-order valence-corrected chi connectivity index (χ2v) is 8.21. The third kappa shape index (κ3) is 3.99. The fourth-order valence-corrected chi connectivity index (χ4v) is 4.85. The van der Waals surface area contributed by atoms with E-state index in [1.165, 1.54) is 31.8 Å². The number of likely N-dealkylation sites (tertiary alicyclic amines) is 1. The molecule has 1 N–H and O–H groups in total. The van der Waals surface area contributed by atoms with Crippen LogP contribution in [-0.4, -0.2) is 53.8 Å². The van der Waals surface area contributed by atoms with Crippen LogP contribution in [0.3, 0.4) is 0 Å². The maximum atomic E-state index is 13.4. The lowest BCUT2D eigenvalue weighted by Gasteiger charge is -2.38. The highest BCUT2D eigenvalue weighted by Gasteiger charge is 2.46. The minimum atomic E-state index is -0.627. The molecule has 2 amide bonds. The van der Waals surface area contributed by atoms with Crippen molar-refractivity contribution in [2.75, 3.05) is 13.2 Å². The summed E-state index contributed by atoms with van der Waals surface area (Å²) in [4.78, 5) is 40.0. The summed E-state index contributed by atoms with van der Waals surface area (Å²) in [5.74, 6) is -0.0828. The van der Waals surface area contributed by atoms with E-state index in [2.05, 4.69) is 5.32 Å². The van der Waals surface area contributed by atoms with Crippen molar-refractivity contribution in [3.8, 4) is 0 Å². The Labute approximate surface area is 164 Å². The van der Waals surface area contributed by atoms with Crippen molar-refractivity contribution in [1.82, 2.24) is 10.2 Å². The molecule has 0 aromatic carbocycles. The van der Waals surface area contributed by atoms with E-state index in [0.717, 1.165) is 25.7 Å². The van der Waals surface area contributed by atoms with Crippen molar-refractivity contribution in [1.29, 1.82) is 0 Å². The number of amides is 2. The van der Waals surface area contributed by atoms with E-state index in [1.54, 1.807) is 11.0 Å². The molecule has 3 fully saturated rings. The number of carbonyl (C=O) groups excluding carboxylic acids is 3. The molecule has 1 aromatic rings. The number of carbonyl (C=O) groups is 3. The van der Waals surface area contributed by atoms with Crippen molar-refractivity contribution >= 4 is 17.6 Å². The van der Waals surface area contributed by atoms with Gasteiger partial charge in [-0.15, -0.1) is 0 Å². The minimum Gasteiger partial charge on any atom is -0.472 e. The van der Waals surface area contributed by atoms with Gasteiger partial charge in [-0.2, -0.15) is 0 Å². The predicted molar refractivity (Wildman–Crippen MR) is 101 cm³/mol. The smallest absolute Gasteiger partial charge is 0.255 e. The van der Waals surface area contributed by atoms with E-state index in [0.29, 0.717) is 24.4 Å². The minimum absolute atomic E-state index is 0.0318. The SMILES string of the molecule is O=C(N[C@@H](CC1CCCCC1)C(=O)N1CCC[C@@H]2OCC(=O)[C@@H]21)c1ccoc1. The van der Waals surface area contributed by atoms with Crippen LogP contribution in [0, 0.1) is 5.92 Å². The lowest BCUT2D eigenvalue weighted by Crippen LogP contribution is -2.58. The Balaban J connectivity index is 1.51. The van der Waals surface area contributed by atoms with E-state index < -0.39 is 12.1 Å². The van der Waals surface area contributed by atoms with E-state index in [4.69, 9.17) is 9.15 Å². The van der Waals surface area contributed by atoms with Crippen molar-refractivity contribution in [2.24, 2.45) is 5.92 Å². The van der Waals surface area contributed by atoms with Gasteiger partial charge in [-0.1, -0.05) is 32.1 Å². The summed E-state index contributed by atoms with van der Waals surface area (Å²) in [6.45, 7) is 0.617. The summed E-state index contributed by atoms with van der Waals surface area (Å²) in [7, 11) is 0. The maximum absolute atomic E-state index is 13.4. The Hall–Kier alpha value is -2.15. The van der Waals surface area contributed by atoms with E-state index in [9.17, 15) is 14.4 Å². The molecule has 0 bridgehead atoms. The van der Waals surface area contributed by atoms with Crippen LogP contribution in [0.5, 0.6) is 0 Å². The summed E-state index contributed by atoms with van der Waals surface area (Å²) < 4.78 is 10.6. The molecule has 1 saturated carbocycles. The zero-order valence-electron chi connectivity index (χ0n) is 16.1. The number of hydrogen-bond acceptors (Lipinski definition) is 5. The van der Waals surface area contributed by atoms with Gasteiger partial charge in [0.25, 0.3) is 5.91 Å². The van der Waals surface area contributed by atoms with Gasteiger partial charge in [0.1, 0.15) is 25.0 Å². The van der Waals surface area contributed by atoms with Crippen LogP contribution in [0.1, 0.15) is 61.7 Å². The lowest BCUT2D eigenvalue weighted by atomic mass is 9.84. The Kier molecular flexibility index (Phi) is 5.80. The third-order valence-corrected chi connectivity index (χ3v) is 6.31. The number of furan rings is 1. The highest BCUT2D eigenvalue weighted by molar-refractivity contribution is 5.98. The molecule has 2 saturated heterocycles. The van der Waals surface area contributed by atoms with E-state index in [1.807, 2.05) is 0 Å². The van der Waals surface area contributed by atoms with Crippen molar-refractivity contribution in [2.45, 2.75) is 69.6 Å². The molecule has 0 unspecified atom stereocenters. The van der Waals surface area contributed by atoms with Gasteiger partial charge in [-0.25, -0.2) is 0 Å². The first-order chi connectivity index (χ1) is 13.6. The normalized spacial score (nSPS) is 26.7. The lowest BCUT2D eigenvalue weighted by molar-refractivity contribution is -0.142. The van der Waals surface area contributed by atoms with Crippen LogP contribution in [0.2, 0.25) is 0 Å². The monoisotopic (exact) mass is 388 g/mol. The van der Waals surface area contributed by atoms with Gasteiger partial charge in [0.15, 0.2) is 5.78 Å². The molecule has 3 atom stereocenters. The molecular formula is C21H28N2O5. The topological polar surface area (TPSA) is 88.9 Å². The fraction of sp³-hybridized carbons (Fsp3) is 0.667. The van der Waals surface area contributed by atoms with Crippen molar-refractivity contribution < 1.29 is 23.5 Å². The van der Waals surface area contributed by atoms with Crippen molar-refractivity contribution in [3.05, 3.63) is 24.2 Å². The zero-order chi connectivity index (χ0) is 19.5. The molecule has 3 heterocycles. The first kappa shape index (κ1) is 19.2. The number of nitrogens with one attached hydrogen (secondary N) is 1. The largest absolute Gasteiger partial charge is 0.472 e. The molecule has 3 aliphatic rings. The molecule has 7 heteroatoms. The van der Waals surface area contributed by atoms with Crippen molar-refractivity contribution in [3.63, 3.8) is 0 Å². The van der Waals surface area contributed by atoms with Gasteiger partial charge in [-0.3, -0.25) is 14.4 Å². The second kappa shape index (κ2) is 8.47. The van der Waals surface area contributed by atoms with Gasteiger partial charge in [-0.05, 0) is 31.2 Å². The number of ether oxygens (including phenoxy) is 1. The standard InChI is InChI=1S/C21H28N2O5/c24-17-13-28-18-7-4-9-23(19(17)18)21(26)16(11-14-5-2-1-3-6-14)22-20(25)15-8-10-27-12-15/h8,10,12,14,16,18-19H,1-7,9,11,13H2,(H,22,25)/t16-,18-,19-/m0/s1. The van der Waals surface area contributed by atoms with E-state index in [-0.39, 0.29) is 30.3 Å². The highest BCUT2D eigenvalue weighted by Crippen LogP contribution is 2.30. The number of nitrogens with zero attached hydrogens (tertiary/aromatic N) is 1. The van der Waals surface area contributed by atoms with Gasteiger partial charge in [0, 0.05) is 6.54 Å². The molecule has 4 rings (SSSR count). The van der Waals surface area contributed by atoms with Crippen LogP contribution in [0.4, 0.5) is 0 Å². The highest BCUT2D eigenvalue weighted by atomic mass is 16.5. The van der Waals surface area contributed by atoms with Crippen LogP contribution in [0.15, 0.2) is 23.0 Å². The Morgan fingerprint density at radius 1 is 1.18 bits per heavy atom. The summed E-state index contributed by atoms with van der Waals surface area (Å²) in [5.41, 5.74) is 0.401. The summed E-state index contributed by atoms with van der Waals surface area (Å²) >= 11 is 0. The molecule has 1 aliphatic carbocycles. The number of ketones is 1. The number of rotatable bonds is 5. The molecule has 28 heavy (non-hydrogen) atoms. The molecule has 7 nitrogen and oxygen atoms in total. The molecular weight excluding hydrogens is 360 g/mol. The van der Waals surface area contributed by atoms with Gasteiger partial charge in [0.05, 0.1) is 17.9 Å². The van der Waals surface area contributed by atoms with Crippen LogP contribution in [0.25, 0.3) is 0 Å². The van der Waals surface area contributed by atoms with Gasteiger partial charge < -0.3 is 19.4 Å². The Morgan fingerprint density at radius 2 is 2.00 bits per heavy atom. The number of hydrogen-bond donors (Lipinski definition) is 1. The summed E-state index contributed by atoms with van der Waals surface area (Å²) in [6.07, 6.45) is 10.6. The Morgan fingerprint density at radius 3 is 2.75 bits per heavy atom. The van der Waals surface area contributed by atoms with Crippen LogP contribution >= 0.6 is 0 Å². The average Bonchev–Trinajstić information content (AvgIpc) is 3.38. The first-order valence-electron chi connectivity index (χ1n) is 10.4. The first-order valence-corrected chi connectivity index (χ1v) is 10.4. The van der Waals surface area contributed by atoms with E-state index >= 15 is 0 Å². The molecule has 1 aromatic heterocycles. The molecule has 152 valence electrons. The summed E-state index contributed by atoms with van der Waals surface area (Å²) in [5, 5.41) is 2.92. The quantitative estimate of drug-likeness (QED) is 0.836. The zero-order valence-corrected chi connectivity index (χ0v) is 16.1. The van der Waals surface area contributed by atoms with Gasteiger partial charge >= 0.3 is 0 Å². The molecule has 0 spiro atoms. The molecule has 0 radical (unpaired) electrons. The van der Waals surface area contributed by atoms with Crippen LogP contribution < -0.4 is 5.32 Å². The number of fused-ring (bicyclic) bond motifs is 1. The average molecular weight is 388 g/mol. The second-order valence-electron chi connectivity index (χ2n) is 8.21. The molecule has 2 aliphatic heterocycles. The number of Topliss-reactive ketones (excluding diaryl/α,β-unsaturated/α-hetero) is 1. The summed E-state index contributed by atoms with van der Waals surface area (Å²) in [6, 6.07) is 0.460. The maximum Gasteiger partial charge on any atom is 0.255 e.